The average molecular weight is 626 g/mol. The average Bonchev–Trinajstić information content (AvgIpc) is 3.03. The van der Waals surface area contributed by atoms with Gasteiger partial charge >= 0.3 is 23.9 Å². The highest BCUT2D eigenvalue weighted by atomic mass is 16.5. The topological polar surface area (TPSA) is 203 Å². The Balaban J connectivity index is 0.000000499. The second-order valence-corrected chi connectivity index (χ2v) is 9.36. The van der Waals surface area contributed by atoms with E-state index in [0.717, 1.165) is 55.7 Å². The predicted molar refractivity (Wildman–Crippen MR) is 162 cm³/mol. The Labute approximate surface area is 259 Å². The lowest BCUT2D eigenvalue weighted by Gasteiger charge is -2.37. The minimum absolute atomic E-state index is 0.00703. The maximum atomic E-state index is 12.8. The largest absolute Gasteiger partial charge is 0.492 e. The van der Waals surface area contributed by atoms with Crippen LogP contribution < -0.4 is 14.8 Å². The number of carboxylic acids is 4. The Bertz CT molecular complexity index is 1330. The molecular formula is C31H35N3O11. The van der Waals surface area contributed by atoms with Crippen LogP contribution in [-0.4, -0.2) is 105 Å². The van der Waals surface area contributed by atoms with Crippen molar-refractivity contribution in [2.45, 2.75) is 13.0 Å². The summed E-state index contributed by atoms with van der Waals surface area (Å²) in [6.45, 7) is 7.12. The van der Waals surface area contributed by atoms with Gasteiger partial charge in [-0.05, 0) is 55.5 Å². The second-order valence-electron chi connectivity index (χ2n) is 9.36. The number of para-hydroxylation sites is 2. The van der Waals surface area contributed by atoms with E-state index in [4.69, 9.17) is 49.1 Å². The van der Waals surface area contributed by atoms with Crippen LogP contribution in [0.5, 0.6) is 17.2 Å². The van der Waals surface area contributed by atoms with E-state index in [1.807, 2.05) is 91.9 Å². The third kappa shape index (κ3) is 14.0. The fourth-order valence-corrected chi connectivity index (χ4v) is 3.83. The van der Waals surface area contributed by atoms with E-state index >= 15 is 0 Å². The third-order valence-electron chi connectivity index (χ3n) is 6.22. The van der Waals surface area contributed by atoms with Gasteiger partial charge in [0.2, 0.25) is 5.91 Å². The molecule has 1 fully saturated rings. The smallest absolute Gasteiger partial charge is 0.414 e. The molecule has 5 N–H and O–H groups in total. The Morgan fingerprint density at radius 2 is 1.11 bits per heavy atom. The van der Waals surface area contributed by atoms with Crippen molar-refractivity contribution < 1.29 is 53.9 Å². The highest BCUT2D eigenvalue weighted by molar-refractivity contribution is 6.27. The van der Waals surface area contributed by atoms with Gasteiger partial charge in [0.25, 0.3) is 0 Å². The summed E-state index contributed by atoms with van der Waals surface area (Å²) in [5, 5.41) is 32.6. The summed E-state index contributed by atoms with van der Waals surface area (Å²) < 4.78 is 11.6. The highest BCUT2D eigenvalue weighted by Gasteiger charge is 2.25. The van der Waals surface area contributed by atoms with Crippen LogP contribution in [0, 0.1) is 0 Å². The van der Waals surface area contributed by atoms with Crippen molar-refractivity contribution in [3.05, 3.63) is 84.9 Å². The minimum Gasteiger partial charge on any atom is -0.492 e. The zero-order valence-corrected chi connectivity index (χ0v) is 24.4. The van der Waals surface area contributed by atoms with Gasteiger partial charge in [-0.25, -0.2) is 19.2 Å². The van der Waals surface area contributed by atoms with Crippen LogP contribution in [0.4, 0.5) is 5.69 Å². The number of carboxylic acid groups (broad SMARTS) is 4. The van der Waals surface area contributed by atoms with Crippen molar-refractivity contribution in [3.8, 4) is 17.2 Å². The number of nitrogens with zero attached hydrogens (tertiary/aromatic N) is 2. The fraction of sp³-hybridized carbons (Fsp3) is 0.258. The van der Waals surface area contributed by atoms with Gasteiger partial charge in [0.15, 0.2) is 0 Å². The van der Waals surface area contributed by atoms with Crippen molar-refractivity contribution in [2.24, 2.45) is 0 Å². The number of piperazine rings is 1. The van der Waals surface area contributed by atoms with E-state index in [0.29, 0.717) is 6.61 Å². The van der Waals surface area contributed by atoms with Crippen molar-refractivity contribution in [3.63, 3.8) is 0 Å². The van der Waals surface area contributed by atoms with Crippen LogP contribution in [0.15, 0.2) is 84.9 Å². The normalized spacial score (nSPS) is 13.4. The van der Waals surface area contributed by atoms with Gasteiger partial charge in [-0.1, -0.05) is 36.4 Å². The molecule has 1 aliphatic heterocycles. The number of ether oxygens (including phenoxy) is 2. The molecule has 0 spiro atoms. The van der Waals surface area contributed by atoms with Crippen molar-refractivity contribution in [1.82, 2.24) is 9.80 Å². The maximum absolute atomic E-state index is 12.8. The molecule has 14 heteroatoms. The number of anilines is 1. The number of hydrogen-bond donors (Lipinski definition) is 5. The predicted octanol–water partition coefficient (Wildman–Crippen LogP) is 2.81. The Morgan fingerprint density at radius 3 is 1.58 bits per heavy atom. The van der Waals surface area contributed by atoms with Gasteiger partial charge in [0.05, 0.1) is 6.04 Å². The first kappa shape index (κ1) is 35.7. The van der Waals surface area contributed by atoms with Gasteiger partial charge in [-0.3, -0.25) is 14.6 Å². The fourth-order valence-electron chi connectivity index (χ4n) is 3.83. The number of hydrogen-bond acceptors (Lipinski definition) is 9. The monoisotopic (exact) mass is 625 g/mol. The van der Waals surface area contributed by atoms with Crippen molar-refractivity contribution in [1.29, 1.82) is 0 Å². The molecule has 0 aromatic heterocycles. The molecule has 1 atom stereocenters. The molecular weight excluding hydrogens is 590 g/mol. The zero-order valence-electron chi connectivity index (χ0n) is 24.4. The van der Waals surface area contributed by atoms with Gasteiger partial charge in [-0.2, -0.15) is 0 Å². The molecule has 0 radical (unpaired) electrons. The lowest BCUT2D eigenvalue weighted by atomic mass is 10.2. The first-order valence-electron chi connectivity index (χ1n) is 13.7. The molecule has 4 rings (SSSR count). The Hall–Kier alpha value is -5.47. The highest BCUT2D eigenvalue weighted by Crippen LogP contribution is 2.23. The number of aliphatic carboxylic acids is 4. The maximum Gasteiger partial charge on any atom is 0.414 e. The van der Waals surface area contributed by atoms with Gasteiger partial charge in [-0.15, -0.1) is 0 Å². The van der Waals surface area contributed by atoms with Gasteiger partial charge < -0.3 is 35.2 Å². The molecule has 0 aliphatic carbocycles. The van der Waals surface area contributed by atoms with E-state index in [9.17, 15) is 4.79 Å². The summed E-state index contributed by atoms with van der Waals surface area (Å²) in [5.74, 6) is -4.86. The summed E-state index contributed by atoms with van der Waals surface area (Å²) in [4.78, 5) is 53.8. The summed E-state index contributed by atoms with van der Waals surface area (Å²) >= 11 is 0. The van der Waals surface area contributed by atoms with E-state index < -0.39 is 23.9 Å². The molecule has 1 aliphatic rings. The van der Waals surface area contributed by atoms with Gasteiger partial charge in [0, 0.05) is 38.4 Å². The SMILES string of the molecule is CC(C(=O)Nc1ccc(Oc2ccccc2)cc1)N1CCN(CCOc2ccccc2)CC1.O=C(O)C(=O)O.O=C(O)C(=O)O. The number of amides is 1. The van der Waals surface area contributed by atoms with Crippen LogP contribution in [0.2, 0.25) is 0 Å². The summed E-state index contributed by atoms with van der Waals surface area (Å²) in [5.41, 5.74) is 0.768. The molecule has 1 heterocycles. The summed E-state index contributed by atoms with van der Waals surface area (Å²) in [7, 11) is 0. The summed E-state index contributed by atoms with van der Waals surface area (Å²) in [6.07, 6.45) is 0. The van der Waals surface area contributed by atoms with Crippen LogP contribution >= 0.6 is 0 Å². The third-order valence-corrected chi connectivity index (χ3v) is 6.22. The van der Waals surface area contributed by atoms with Crippen LogP contribution in [-0.2, 0) is 24.0 Å². The first-order valence-corrected chi connectivity index (χ1v) is 13.7. The quantitative estimate of drug-likeness (QED) is 0.217. The minimum atomic E-state index is -1.82. The van der Waals surface area contributed by atoms with Gasteiger partial charge in [0.1, 0.15) is 23.9 Å². The molecule has 3 aromatic carbocycles. The van der Waals surface area contributed by atoms with E-state index in [1.165, 1.54) is 0 Å². The lowest BCUT2D eigenvalue weighted by Crippen LogP contribution is -2.53. The zero-order chi connectivity index (χ0) is 33.2. The second kappa shape index (κ2) is 18.9. The van der Waals surface area contributed by atoms with Crippen molar-refractivity contribution in [2.75, 3.05) is 44.6 Å². The molecule has 1 unspecified atom stereocenters. The molecule has 0 bridgehead atoms. The molecule has 3 aromatic rings. The van der Waals surface area contributed by atoms with E-state index in [2.05, 4.69) is 15.1 Å². The molecule has 240 valence electrons. The van der Waals surface area contributed by atoms with E-state index in [-0.39, 0.29) is 11.9 Å². The first-order chi connectivity index (χ1) is 21.5. The number of rotatable bonds is 9. The molecule has 0 saturated carbocycles. The Kier molecular flexibility index (Phi) is 15.0. The van der Waals surface area contributed by atoms with Crippen LogP contribution in [0.25, 0.3) is 0 Å². The number of benzene rings is 3. The lowest BCUT2D eigenvalue weighted by molar-refractivity contribution is -0.159. The standard InChI is InChI=1S/C27H31N3O3.2C2H2O4/c1-22(30-18-16-29(17-19-30)20-21-32-24-8-4-2-5-9-24)27(31)28-23-12-14-26(15-13-23)33-25-10-6-3-7-11-25;2*3-1(4)2(5)6/h2-15,22H,16-21H2,1H3,(H,28,31);2*(H,3,4)(H,5,6). The number of carbonyl (C=O) groups is 5. The molecule has 45 heavy (non-hydrogen) atoms. The molecule has 1 saturated heterocycles. The van der Waals surface area contributed by atoms with Crippen LogP contribution in [0.1, 0.15) is 6.92 Å². The number of carbonyl (C=O) groups excluding carboxylic acids is 1. The van der Waals surface area contributed by atoms with Crippen molar-refractivity contribution >= 4 is 35.5 Å². The molecule has 1 amide bonds. The Morgan fingerprint density at radius 1 is 0.667 bits per heavy atom. The van der Waals surface area contributed by atoms with E-state index in [1.54, 1.807) is 0 Å². The number of nitrogens with one attached hydrogen (secondary N) is 1. The molecule has 14 nitrogen and oxygen atoms in total. The summed E-state index contributed by atoms with van der Waals surface area (Å²) in [6, 6.07) is 26.8. The van der Waals surface area contributed by atoms with Crippen LogP contribution in [0.3, 0.4) is 0 Å².